The summed E-state index contributed by atoms with van der Waals surface area (Å²) in [5.41, 5.74) is -0.672. The SMILES string of the molecule is CC[C@@]12CCC3(O1)C(C(=O)Nc1c(C)cccc1Cl)N([C@@H](CO)C(C)C)C(=O)[C@@H]3[C@@H]2C(=O)NC. The van der Waals surface area contributed by atoms with Crippen LogP contribution in [0.2, 0.25) is 5.02 Å². The first kappa shape index (κ1) is 24.9. The molecule has 6 atom stereocenters. The Bertz CT molecular complexity index is 996. The minimum Gasteiger partial charge on any atom is -0.394 e. The number of aryl methyl sites for hydroxylation is 1. The predicted molar refractivity (Wildman–Crippen MR) is 128 cm³/mol. The maximum Gasteiger partial charge on any atom is 0.250 e. The zero-order chi connectivity index (χ0) is 25.0. The van der Waals surface area contributed by atoms with E-state index < -0.39 is 41.0 Å². The number of nitrogens with zero attached hydrogens (tertiary/aromatic N) is 1. The van der Waals surface area contributed by atoms with Crippen molar-refractivity contribution < 1.29 is 24.2 Å². The van der Waals surface area contributed by atoms with Crippen LogP contribution in [0.25, 0.3) is 0 Å². The standard InChI is InChI=1S/C25H34ClN3O5/c1-6-24-10-11-25(34-24)18(17(24)21(31)27-5)23(33)29(16(12-30)13(2)3)20(25)22(32)28-19-14(4)8-7-9-15(19)26/h7-9,13,16-18,20,30H,6,10-12H2,1-5H3,(H,27,31)(H,28,32)/t16-,17+,18-,20?,24-,25?/m0/s1. The van der Waals surface area contributed by atoms with E-state index in [1.165, 1.54) is 4.90 Å². The van der Waals surface area contributed by atoms with Gasteiger partial charge in [0.25, 0.3) is 0 Å². The van der Waals surface area contributed by atoms with Gasteiger partial charge in [0.2, 0.25) is 17.7 Å². The third-order valence-corrected chi connectivity index (χ3v) is 8.50. The van der Waals surface area contributed by atoms with E-state index >= 15 is 0 Å². The highest BCUT2D eigenvalue weighted by Crippen LogP contribution is 2.64. The molecule has 3 N–H and O–H groups in total. The van der Waals surface area contributed by atoms with Crippen LogP contribution in [0.1, 0.15) is 45.6 Å². The molecule has 3 heterocycles. The van der Waals surface area contributed by atoms with Crippen molar-refractivity contribution in [2.24, 2.45) is 17.8 Å². The lowest BCUT2D eigenvalue weighted by Crippen LogP contribution is -2.57. The van der Waals surface area contributed by atoms with Gasteiger partial charge in [-0.1, -0.05) is 44.5 Å². The van der Waals surface area contributed by atoms with Crippen LogP contribution in [0.15, 0.2) is 18.2 Å². The summed E-state index contributed by atoms with van der Waals surface area (Å²) in [7, 11) is 1.55. The number of carbonyl (C=O) groups is 3. The first-order valence-electron chi connectivity index (χ1n) is 12.0. The number of aliphatic hydroxyl groups is 1. The molecule has 1 spiro atoms. The number of hydrogen-bond donors (Lipinski definition) is 3. The summed E-state index contributed by atoms with van der Waals surface area (Å²) >= 11 is 6.38. The lowest BCUT2D eigenvalue weighted by atomic mass is 9.65. The van der Waals surface area contributed by atoms with Crippen LogP contribution < -0.4 is 10.6 Å². The maximum atomic E-state index is 14.0. The summed E-state index contributed by atoms with van der Waals surface area (Å²) < 4.78 is 6.66. The highest BCUT2D eigenvalue weighted by Gasteiger charge is 2.79. The van der Waals surface area contributed by atoms with E-state index in [9.17, 15) is 19.5 Å². The van der Waals surface area contributed by atoms with Gasteiger partial charge in [0.05, 0.1) is 40.8 Å². The maximum absolute atomic E-state index is 14.0. The van der Waals surface area contributed by atoms with Gasteiger partial charge in [-0.2, -0.15) is 0 Å². The number of ether oxygens (including phenoxy) is 1. The molecule has 9 heteroatoms. The number of hydrogen-bond acceptors (Lipinski definition) is 5. The summed E-state index contributed by atoms with van der Waals surface area (Å²) in [6.07, 6.45) is 1.62. The Morgan fingerprint density at radius 2 is 2.00 bits per heavy atom. The minimum atomic E-state index is -1.15. The van der Waals surface area contributed by atoms with Gasteiger partial charge in [0.15, 0.2) is 0 Å². The Kier molecular flexibility index (Phi) is 6.46. The molecule has 3 aliphatic rings. The molecule has 0 aromatic heterocycles. The van der Waals surface area contributed by atoms with Crippen LogP contribution in [0, 0.1) is 24.7 Å². The number of carbonyl (C=O) groups excluding carboxylic acids is 3. The summed E-state index contributed by atoms with van der Waals surface area (Å²) in [5, 5.41) is 16.3. The van der Waals surface area contributed by atoms with Gasteiger partial charge >= 0.3 is 0 Å². The molecular weight excluding hydrogens is 458 g/mol. The number of halogens is 1. The van der Waals surface area contributed by atoms with Gasteiger partial charge in [-0.25, -0.2) is 0 Å². The molecule has 3 amide bonds. The van der Waals surface area contributed by atoms with Crippen LogP contribution >= 0.6 is 11.6 Å². The number of nitrogens with one attached hydrogen (secondary N) is 2. The van der Waals surface area contributed by atoms with Crippen molar-refractivity contribution in [3.05, 3.63) is 28.8 Å². The average molecular weight is 492 g/mol. The molecule has 2 unspecified atom stereocenters. The van der Waals surface area contributed by atoms with Crippen LogP contribution in [0.5, 0.6) is 0 Å². The lowest BCUT2D eigenvalue weighted by molar-refractivity contribution is -0.150. The minimum absolute atomic E-state index is 0.114. The number of aliphatic hydroxyl groups excluding tert-OH is 1. The largest absolute Gasteiger partial charge is 0.394 e. The van der Waals surface area contributed by atoms with E-state index in [2.05, 4.69) is 10.6 Å². The first-order chi connectivity index (χ1) is 16.1. The molecule has 1 aromatic carbocycles. The van der Waals surface area contributed by atoms with Crippen molar-refractivity contribution in [1.29, 1.82) is 0 Å². The molecule has 0 saturated carbocycles. The highest BCUT2D eigenvalue weighted by atomic mass is 35.5. The molecular formula is C25H34ClN3O5. The Morgan fingerprint density at radius 1 is 1.29 bits per heavy atom. The van der Waals surface area contributed by atoms with Gasteiger partial charge in [0.1, 0.15) is 11.6 Å². The van der Waals surface area contributed by atoms with E-state index in [0.717, 1.165) is 5.56 Å². The summed E-state index contributed by atoms with van der Waals surface area (Å²) in [6, 6.07) is 3.74. The zero-order valence-electron chi connectivity index (χ0n) is 20.4. The molecule has 3 saturated heterocycles. The van der Waals surface area contributed by atoms with E-state index in [-0.39, 0.29) is 24.3 Å². The Labute approximate surface area is 205 Å². The Hall–Kier alpha value is -2.16. The molecule has 3 fully saturated rings. The number of fused-ring (bicyclic) bond motifs is 1. The number of para-hydroxylation sites is 1. The smallest absolute Gasteiger partial charge is 0.250 e. The van der Waals surface area contributed by atoms with Crippen molar-refractivity contribution in [1.82, 2.24) is 10.2 Å². The van der Waals surface area contributed by atoms with Gasteiger partial charge in [-0.3, -0.25) is 14.4 Å². The van der Waals surface area contributed by atoms with Crippen molar-refractivity contribution in [3.8, 4) is 0 Å². The number of anilines is 1. The highest BCUT2D eigenvalue weighted by molar-refractivity contribution is 6.34. The molecule has 186 valence electrons. The fourth-order valence-corrected chi connectivity index (χ4v) is 6.74. The van der Waals surface area contributed by atoms with Crippen LogP contribution in [0.4, 0.5) is 5.69 Å². The fraction of sp³-hybridized carbons (Fsp3) is 0.640. The monoisotopic (exact) mass is 491 g/mol. The van der Waals surface area contributed by atoms with Gasteiger partial charge in [-0.05, 0) is 43.7 Å². The molecule has 2 bridgehead atoms. The topological polar surface area (TPSA) is 108 Å². The van der Waals surface area contributed by atoms with Crippen LogP contribution in [-0.4, -0.2) is 64.7 Å². The molecule has 1 aromatic rings. The quantitative estimate of drug-likeness (QED) is 0.543. The molecule has 4 rings (SSSR count). The van der Waals surface area contributed by atoms with E-state index in [4.69, 9.17) is 16.3 Å². The third kappa shape index (κ3) is 3.37. The number of likely N-dealkylation sites (tertiary alicyclic amines) is 1. The van der Waals surface area contributed by atoms with Crippen molar-refractivity contribution in [2.75, 3.05) is 19.0 Å². The molecule has 34 heavy (non-hydrogen) atoms. The predicted octanol–water partition coefficient (Wildman–Crippen LogP) is 2.50. The second kappa shape index (κ2) is 8.81. The number of benzene rings is 1. The Balaban J connectivity index is 1.84. The first-order valence-corrected chi connectivity index (χ1v) is 12.4. The Morgan fingerprint density at radius 3 is 2.56 bits per heavy atom. The third-order valence-electron chi connectivity index (χ3n) is 8.18. The van der Waals surface area contributed by atoms with Crippen molar-refractivity contribution in [3.63, 3.8) is 0 Å². The van der Waals surface area contributed by atoms with Gasteiger partial charge in [0, 0.05) is 7.05 Å². The van der Waals surface area contributed by atoms with E-state index in [1.807, 2.05) is 33.8 Å². The molecule has 3 aliphatic heterocycles. The summed E-state index contributed by atoms with van der Waals surface area (Å²) in [5.74, 6) is -2.59. The van der Waals surface area contributed by atoms with E-state index in [0.29, 0.717) is 30.0 Å². The zero-order valence-corrected chi connectivity index (χ0v) is 21.1. The van der Waals surface area contributed by atoms with Crippen LogP contribution in [-0.2, 0) is 19.1 Å². The summed E-state index contributed by atoms with van der Waals surface area (Å²) in [6.45, 7) is 7.29. The molecule has 8 nitrogen and oxygen atoms in total. The summed E-state index contributed by atoms with van der Waals surface area (Å²) in [4.78, 5) is 42.5. The van der Waals surface area contributed by atoms with Crippen LogP contribution in [0.3, 0.4) is 0 Å². The number of amides is 3. The number of rotatable bonds is 7. The molecule has 0 aliphatic carbocycles. The normalized spacial score (nSPS) is 32.8. The second-order valence-corrected chi connectivity index (χ2v) is 10.5. The van der Waals surface area contributed by atoms with Gasteiger partial charge in [-0.15, -0.1) is 0 Å². The molecule has 0 radical (unpaired) electrons. The average Bonchev–Trinajstić information content (AvgIpc) is 3.40. The van der Waals surface area contributed by atoms with Crippen molar-refractivity contribution in [2.45, 2.75) is 70.2 Å². The lowest BCUT2D eigenvalue weighted by Gasteiger charge is -2.38. The van der Waals surface area contributed by atoms with E-state index in [1.54, 1.807) is 19.2 Å². The fourth-order valence-electron chi connectivity index (χ4n) is 6.47. The van der Waals surface area contributed by atoms with Gasteiger partial charge < -0.3 is 25.4 Å². The second-order valence-electron chi connectivity index (χ2n) is 10.1. The van der Waals surface area contributed by atoms with Crippen molar-refractivity contribution >= 4 is 35.0 Å².